The molecule has 1 aliphatic heterocycles. The Morgan fingerprint density at radius 2 is 2.33 bits per heavy atom. The highest BCUT2D eigenvalue weighted by atomic mass is 127. The lowest BCUT2D eigenvalue weighted by Gasteiger charge is -2.25. The minimum absolute atomic E-state index is 0. The van der Waals surface area contributed by atoms with Gasteiger partial charge in [-0.25, -0.2) is 14.7 Å². The van der Waals surface area contributed by atoms with E-state index in [0.717, 1.165) is 37.5 Å². The van der Waals surface area contributed by atoms with Gasteiger partial charge >= 0.3 is 0 Å². The van der Waals surface area contributed by atoms with Gasteiger partial charge in [0.25, 0.3) is 0 Å². The van der Waals surface area contributed by atoms with E-state index in [9.17, 15) is 4.79 Å². The molecular formula is C14H26IN7OS. The van der Waals surface area contributed by atoms with E-state index >= 15 is 0 Å². The number of nitrogens with zero attached hydrogens (tertiary/aromatic N) is 5. The van der Waals surface area contributed by atoms with E-state index in [4.69, 9.17) is 0 Å². The number of fused-ring (bicyclic) bond motifs is 1. The van der Waals surface area contributed by atoms with E-state index in [2.05, 4.69) is 32.0 Å². The van der Waals surface area contributed by atoms with Crippen molar-refractivity contribution in [3.8, 4) is 0 Å². The van der Waals surface area contributed by atoms with Crippen LogP contribution in [0.1, 0.15) is 12.2 Å². The summed E-state index contributed by atoms with van der Waals surface area (Å²) >= 11 is 1.77. The minimum atomic E-state index is -0.0156. The minimum Gasteiger partial charge on any atom is -0.356 e. The van der Waals surface area contributed by atoms with Crippen LogP contribution in [0.25, 0.3) is 0 Å². The number of rotatable bonds is 6. The molecule has 0 radical (unpaired) electrons. The molecule has 1 aromatic heterocycles. The SMILES string of the molecule is CSCCNC(=NCC(=O)N(C)C)NC1CCc2ncnn2C1.I. The Kier molecular flexibility index (Phi) is 9.41. The topological polar surface area (TPSA) is 87.4 Å². The second-order valence-electron chi connectivity index (χ2n) is 5.61. The highest BCUT2D eigenvalue weighted by Gasteiger charge is 2.20. The molecule has 136 valence electrons. The fourth-order valence-electron chi connectivity index (χ4n) is 2.26. The summed E-state index contributed by atoms with van der Waals surface area (Å²) in [5.41, 5.74) is 0. The molecule has 0 saturated heterocycles. The van der Waals surface area contributed by atoms with Gasteiger partial charge in [0.2, 0.25) is 5.91 Å². The Hall–Kier alpha value is -1.04. The predicted octanol–water partition coefficient (Wildman–Crippen LogP) is 0.197. The highest BCUT2D eigenvalue weighted by molar-refractivity contribution is 14.0. The predicted molar refractivity (Wildman–Crippen MR) is 108 cm³/mol. The van der Waals surface area contributed by atoms with Crippen molar-refractivity contribution in [3.05, 3.63) is 12.2 Å². The van der Waals surface area contributed by atoms with Gasteiger partial charge in [0.1, 0.15) is 18.7 Å². The number of amides is 1. The fraction of sp³-hybridized carbons (Fsp3) is 0.714. The van der Waals surface area contributed by atoms with Crippen molar-refractivity contribution in [3.63, 3.8) is 0 Å². The molecule has 0 spiro atoms. The van der Waals surface area contributed by atoms with Crippen molar-refractivity contribution in [1.82, 2.24) is 30.3 Å². The number of halogens is 1. The molecule has 1 atom stereocenters. The summed E-state index contributed by atoms with van der Waals surface area (Å²) in [5, 5.41) is 10.9. The summed E-state index contributed by atoms with van der Waals surface area (Å²) in [5.74, 6) is 2.68. The molecule has 1 amide bonds. The van der Waals surface area contributed by atoms with Gasteiger partial charge in [0.05, 0.1) is 6.54 Å². The monoisotopic (exact) mass is 467 g/mol. The molecular weight excluding hydrogens is 441 g/mol. The first-order chi connectivity index (χ1) is 11.1. The van der Waals surface area contributed by atoms with E-state index in [-0.39, 0.29) is 42.5 Å². The molecule has 2 heterocycles. The Balaban J connectivity index is 0.00000288. The molecule has 0 aliphatic carbocycles. The van der Waals surface area contributed by atoms with Crippen molar-refractivity contribution in [2.24, 2.45) is 4.99 Å². The average Bonchev–Trinajstić information content (AvgIpc) is 2.99. The van der Waals surface area contributed by atoms with E-state index in [1.54, 1.807) is 37.1 Å². The maximum absolute atomic E-state index is 11.7. The number of guanidine groups is 1. The normalized spacial score (nSPS) is 16.8. The molecule has 8 nitrogen and oxygen atoms in total. The van der Waals surface area contributed by atoms with Crippen LogP contribution in [-0.4, -0.2) is 76.8 Å². The number of thioether (sulfide) groups is 1. The Morgan fingerprint density at radius 1 is 1.54 bits per heavy atom. The van der Waals surface area contributed by atoms with Crippen molar-refractivity contribution in [2.75, 3.05) is 39.2 Å². The Morgan fingerprint density at radius 3 is 3.04 bits per heavy atom. The molecule has 1 aliphatic rings. The van der Waals surface area contributed by atoms with Crippen molar-refractivity contribution >= 4 is 47.6 Å². The lowest BCUT2D eigenvalue weighted by atomic mass is 10.1. The molecule has 10 heteroatoms. The third-order valence-corrected chi connectivity index (χ3v) is 4.23. The second-order valence-corrected chi connectivity index (χ2v) is 6.60. The van der Waals surface area contributed by atoms with E-state index < -0.39 is 0 Å². The molecule has 0 saturated carbocycles. The largest absolute Gasteiger partial charge is 0.356 e. The first-order valence-electron chi connectivity index (χ1n) is 7.70. The van der Waals surface area contributed by atoms with E-state index in [0.29, 0.717) is 5.96 Å². The average molecular weight is 467 g/mol. The van der Waals surface area contributed by atoms with Crippen LogP contribution < -0.4 is 10.6 Å². The van der Waals surface area contributed by atoms with Crippen LogP contribution >= 0.6 is 35.7 Å². The van der Waals surface area contributed by atoms with E-state index in [1.165, 1.54) is 0 Å². The molecule has 2 N–H and O–H groups in total. The van der Waals surface area contributed by atoms with Crippen LogP contribution in [0.4, 0.5) is 0 Å². The van der Waals surface area contributed by atoms with Crippen LogP contribution in [0.5, 0.6) is 0 Å². The van der Waals surface area contributed by atoms with Gasteiger partial charge in [-0.15, -0.1) is 24.0 Å². The third-order valence-electron chi connectivity index (χ3n) is 3.62. The first-order valence-corrected chi connectivity index (χ1v) is 9.10. The van der Waals surface area contributed by atoms with Crippen LogP contribution in [0.2, 0.25) is 0 Å². The number of nitrogens with one attached hydrogen (secondary N) is 2. The zero-order chi connectivity index (χ0) is 16.7. The maximum Gasteiger partial charge on any atom is 0.243 e. The van der Waals surface area contributed by atoms with Crippen LogP contribution in [0.3, 0.4) is 0 Å². The zero-order valence-corrected chi connectivity index (χ0v) is 17.5. The quantitative estimate of drug-likeness (QED) is 0.269. The fourth-order valence-corrected chi connectivity index (χ4v) is 2.57. The van der Waals surface area contributed by atoms with Gasteiger partial charge in [0.15, 0.2) is 5.96 Å². The van der Waals surface area contributed by atoms with Crippen molar-refractivity contribution in [2.45, 2.75) is 25.4 Å². The Labute approximate surface area is 164 Å². The number of aliphatic imine (C=N–C) groups is 1. The number of likely N-dealkylation sites (N-methyl/N-ethyl adjacent to an activating group) is 1. The highest BCUT2D eigenvalue weighted by Crippen LogP contribution is 2.11. The summed E-state index contributed by atoms with van der Waals surface area (Å²) in [6, 6.07) is 0.235. The molecule has 0 fully saturated rings. The summed E-state index contributed by atoms with van der Waals surface area (Å²) in [6.07, 6.45) is 5.53. The number of hydrogen-bond acceptors (Lipinski definition) is 5. The molecule has 1 unspecified atom stereocenters. The summed E-state index contributed by atoms with van der Waals surface area (Å²) < 4.78 is 1.92. The number of carbonyl (C=O) groups is 1. The third kappa shape index (κ3) is 6.46. The summed E-state index contributed by atoms with van der Waals surface area (Å²) in [7, 11) is 3.47. The van der Waals surface area contributed by atoms with Crippen molar-refractivity contribution in [1.29, 1.82) is 0 Å². The van der Waals surface area contributed by atoms with Gasteiger partial charge in [-0.2, -0.15) is 16.9 Å². The zero-order valence-electron chi connectivity index (χ0n) is 14.4. The number of aryl methyl sites for hydroxylation is 1. The first kappa shape index (κ1) is 21.0. The standard InChI is InChI=1S/C14H25N7OS.HI/c1-20(2)13(22)8-16-14(15-6-7-23-3)19-11-4-5-12-17-10-18-21(12)9-11;/h10-11H,4-9H2,1-3H3,(H2,15,16,19);1H. The number of carbonyl (C=O) groups excluding carboxylic acids is 1. The molecule has 0 bridgehead atoms. The van der Waals surface area contributed by atoms with E-state index in [1.807, 2.05) is 4.68 Å². The van der Waals surface area contributed by atoms with Crippen LogP contribution in [0, 0.1) is 0 Å². The van der Waals surface area contributed by atoms with Crippen molar-refractivity contribution < 1.29 is 4.79 Å². The molecule has 1 aromatic rings. The van der Waals surface area contributed by atoms with Gasteiger partial charge in [-0.3, -0.25) is 4.79 Å². The second kappa shape index (κ2) is 10.7. The summed E-state index contributed by atoms with van der Waals surface area (Å²) in [4.78, 5) is 21.9. The summed E-state index contributed by atoms with van der Waals surface area (Å²) in [6.45, 7) is 1.72. The van der Waals surface area contributed by atoms with Gasteiger partial charge in [-0.05, 0) is 12.7 Å². The number of aromatic nitrogens is 3. The molecule has 0 aromatic carbocycles. The lowest BCUT2D eigenvalue weighted by Crippen LogP contribution is -2.48. The molecule has 2 rings (SSSR count). The maximum atomic E-state index is 11.7. The molecule has 24 heavy (non-hydrogen) atoms. The number of hydrogen-bond donors (Lipinski definition) is 2. The van der Waals surface area contributed by atoms with Crippen LogP contribution in [0.15, 0.2) is 11.3 Å². The smallest absolute Gasteiger partial charge is 0.243 e. The van der Waals surface area contributed by atoms with Gasteiger partial charge in [0, 0.05) is 38.9 Å². The van der Waals surface area contributed by atoms with Gasteiger partial charge < -0.3 is 15.5 Å². The lowest BCUT2D eigenvalue weighted by molar-refractivity contribution is -0.127. The van der Waals surface area contributed by atoms with Gasteiger partial charge in [-0.1, -0.05) is 0 Å². The Bertz CT molecular complexity index is 549. The van der Waals surface area contributed by atoms with Crippen LogP contribution in [-0.2, 0) is 17.8 Å².